The fraction of sp³-hybridized carbons (Fsp3) is 0.533. The summed E-state index contributed by atoms with van der Waals surface area (Å²) in [4.78, 5) is 3.95. The Kier molecular flexibility index (Phi) is 8.00. The van der Waals surface area contributed by atoms with Gasteiger partial charge in [-0.3, -0.25) is 4.55 Å². The van der Waals surface area contributed by atoms with Crippen molar-refractivity contribution in [1.29, 1.82) is 0 Å². The maximum Gasteiger partial charge on any atom is 0.448 e. The van der Waals surface area contributed by atoms with Crippen LogP contribution in [0.5, 0.6) is 0 Å². The molecule has 5 atom stereocenters. The maximum absolute atomic E-state index is 11.0. The molecular weight excluding hydrogens is 402 g/mol. The first-order valence-electron chi connectivity index (χ1n) is 7.93. The van der Waals surface area contributed by atoms with Gasteiger partial charge in [-0.25, -0.2) is 4.99 Å². The van der Waals surface area contributed by atoms with Crippen molar-refractivity contribution in [2.24, 2.45) is 4.99 Å². The highest BCUT2D eigenvalue weighted by Gasteiger charge is 2.44. The van der Waals surface area contributed by atoms with E-state index in [1.54, 1.807) is 0 Å². The summed E-state index contributed by atoms with van der Waals surface area (Å²) in [6.07, 6.45) is -5.52. The summed E-state index contributed by atoms with van der Waals surface area (Å²) in [5.41, 5.74) is -0.358. The highest BCUT2D eigenvalue weighted by molar-refractivity contribution is 8.14. The number of thioether (sulfide) groups is 1. The number of benzene rings is 1. The number of hydrogen-bond acceptors (Lipinski definition) is 10. The molecule has 27 heavy (non-hydrogen) atoms. The molecule has 1 aliphatic rings. The van der Waals surface area contributed by atoms with Crippen LogP contribution in [0.3, 0.4) is 0 Å². The van der Waals surface area contributed by atoms with E-state index in [4.69, 9.17) is 9.29 Å². The number of ether oxygens (including phenoxy) is 1. The maximum atomic E-state index is 11.0. The second-order valence-corrected chi connectivity index (χ2v) is 7.78. The lowest BCUT2D eigenvalue weighted by Gasteiger charge is -2.39. The van der Waals surface area contributed by atoms with Crippen molar-refractivity contribution in [2.75, 3.05) is 13.2 Å². The number of aliphatic imine (C=N–C) groups is 1. The zero-order chi connectivity index (χ0) is 20.0. The van der Waals surface area contributed by atoms with Crippen LogP contribution in [-0.4, -0.2) is 81.6 Å². The van der Waals surface area contributed by atoms with E-state index < -0.39 is 52.1 Å². The van der Waals surface area contributed by atoms with E-state index in [0.717, 1.165) is 5.56 Å². The third-order valence-corrected chi connectivity index (χ3v) is 5.24. The smallest absolute Gasteiger partial charge is 0.394 e. The van der Waals surface area contributed by atoms with Gasteiger partial charge in [0, 0.05) is 6.54 Å². The summed E-state index contributed by atoms with van der Waals surface area (Å²) in [5.74, 6) is 0. The van der Waals surface area contributed by atoms with Gasteiger partial charge < -0.3 is 29.3 Å². The number of hydrogen-bond donors (Lipinski definition) is 5. The molecule has 2 rings (SSSR count). The van der Waals surface area contributed by atoms with Crippen molar-refractivity contribution in [3.8, 4) is 0 Å². The van der Waals surface area contributed by atoms with Crippen LogP contribution in [-0.2, 0) is 25.7 Å². The van der Waals surface area contributed by atoms with E-state index in [1.165, 1.54) is 0 Å². The summed E-state index contributed by atoms with van der Waals surface area (Å²) >= 11 is 0.495. The summed E-state index contributed by atoms with van der Waals surface area (Å²) < 4.78 is 40.7. The van der Waals surface area contributed by atoms with Gasteiger partial charge in [0.2, 0.25) is 0 Å². The van der Waals surface area contributed by atoms with E-state index in [1.807, 2.05) is 30.3 Å². The van der Waals surface area contributed by atoms with Crippen molar-refractivity contribution in [3.05, 3.63) is 35.9 Å². The van der Waals surface area contributed by atoms with Crippen LogP contribution in [0.4, 0.5) is 0 Å². The average Bonchev–Trinajstić information content (AvgIpc) is 2.61. The third kappa shape index (κ3) is 6.69. The molecule has 1 saturated heterocycles. The Morgan fingerprint density at radius 1 is 1.15 bits per heavy atom. The molecular formula is C15H21NO9S2. The largest absolute Gasteiger partial charge is 0.448 e. The lowest BCUT2D eigenvalue weighted by Crippen LogP contribution is -2.57. The van der Waals surface area contributed by atoms with E-state index in [0.29, 0.717) is 18.2 Å². The lowest BCUT2D eigenvalue weighted by molar-refractivity contribution is -0.205. The molecule has 0 aliphatic carbocycles. The van der Waals surface area contributed by atoms with Crippen LogP contribution < -0.4 is 0 Å². The molecule has 0 bridgehead atoms. The van der Waals surface area contributed by atoms with Crippen molar-refractivity contribution in [1.82, 2.24) is 0 Å². The average molecular weight is 423 g/mol. The summed E-state index contributed by atoms with van der Waals surface area (Å²) in [6, 6.07) is 9.20. The Balaban J connectivity index is 2.10. The van der Waals surface area contributed by atoms with Gasteiger partial charge in [-0.1, -0.05) is 30.3 Å². The molecule has 1 aromatic rings. The Hall–Kier alpha value is -1.25. The first kappa shape index (κ1) is 22.0. The Bertz CT molecular complexity index is 726. The highest BCUT2D eigenvalue weighted by Crippen LogP contribution is 2.30. The number of aliphatic hydroxyl groups is 4. The van der Waals surface area contributed by atoms with Gasteiger partial charge in [0.05, 0.1) is 6.61 Å². The summed E-state index contributed by atoms with van der Waals surface area (Å²) in [7, 11) is -4.88. The molecule has 10 nitrogen and oxygen atoms in total. The predicted octanol–water partition coefficient (Wildman–Crippen LogP) is -1.06. The minimum Gasteiger partial charge on any atom is -0.394 e. The summed E-state index contributed by atoms with van der Waals surface area (Å²) in [6.45, 7) is -0.527. The third-order valence-electron chi connectivity index (χ3n) is 3.73. The molecule has 152 valence electrons. The zero-order valence-electron chi connectivity index (χ0n) is 14.0. The minimum absolute atomic E-state index is 0.110. The second-order valence-electron chi connectivity index (χ2n) is 5.71. The number of aliphatic hydroxyl groups excluding tert-OH is 4. The van der Waals surface area contributed by atoms with Crippen LogP contribution in [0.25, 0.3) is 0 Å². The van der Waals surface area contributed by atoms with Gasteiger partial charge in [-0.15, -0.1) is 0 Å². The zero-order valence-corrected chi connectivity index (χ0v) is 15.7. The number of rotatable bonds is 6. The normalized spacial score (nSPS) is 29.5. The van der Waals surface area contributed by atoms with Crippen LogP contribution in [0, 0.1) is 0 Å². The van der Waals surface area contributed by atoms with Crippen LogP contribution >= 0.6 is 11.8 Å². The van der Waals surface area contributed by atoms with E-state index in [2.05, 4.69) is 9.18 Å². The van der Waals surface area contributed by atoms with Crippen LogP contribution in [0.15, 0.2) is 35.3 Å². The Morgan fingerprint density at radius 2 is 1.81 bits per heavy atom. The first-order chi connectivity index (χ1) is 12.7. The molecule has 12 heteroatoms. The number of nitrogens with zero attached hydrogens (tertiary/aromatic N) is 1. The molecule has 0 radical (unpaired) electrons. The van der Waals surface area contributed by atoms with Gasteiger partial charge in [0.25, 0.3) is 5.23 Å². The molecule has 0 amide bonds. The van der Waals surface area contributed by atoms with Crippen molar-refractivity contribution >= 4 is 27.4 Å². The van der Waals surface area contributed by atoms with Crippen molar-refractivity contribution in [3.63, 3.8) is 0 Å². The Morgan fingerprint density at radius 3 is 2.41 bits per heavy atom. The van der Waals surface area contributed by atoms with Gasteiger partial charge in [-0.05, 0) is 23.7 Å². The topological polar surface area (TPSA) is 166 Å². The fourth-order valence-electron chi connectivity index (χ4n) is 2.36. The lowest BCUT2D eigenvalue weighted by atomic mass is 10.0. The van der Waals surface area contributed by atoms with Crippen LogP contribution in [0.1, 0.15) is 5.56 Å². The van der Waals surface area contributed by atoms with Gasteiger partial charge in [-0.2, -0.15) is 8.42 Å². The molecule has 0 spiro atoms. The molecule has 1 aromatic carbocycles. The molecule has 0 aromatic heterocycles. The van der Waals surface area contributed by atoms with Crippen LogP contribution in [0.2, 0.25) is 0 Å². The first-order valence-corrected chi connectivity index (χ1v) is 10.2. The molecule has 1 aliphatic heterocycles. The van der Waals surface area contributed by atoms with E-state index in [9.17, 15) is 28.8 Å². The Labute approximate surface area is 160 Å². The van der Waals surface area contributed by atoms with Gasteiger partial charge >= 0.3 is 10.4 Å². The van der Waals surface area contributed by atoms with Gasteiger partial charge in [0.15, 0.2) is 0 Å². The molecule has 5 N–H and O–H groups in total. The molecule has 0 saturated carbocycles. The quantitative estimate of drug-likeness (QED) is 0.216. The highest BCUT2D eigenvalue weighted by atomic mass is 32.3. The molecule has 1 fully saturated rings. The standard InChI is InChI=1S/C15H21NO9S2/c17-8-10-11(18)12(19)13(20)14(24-10)26-15(25-27(21,22)23)16-7-6-9-4-2-1-3-5-9/h1-5,10-14,17-20H,6-8H2,(H,21,22,23). The van der Waals surface area contributed by atoms with E-state index in [-0.39, 0.29) is 6.54 Å². The minimum atomic E-state index is -4.88. The SMILES string of the molecule is O=S(=O)(O)OC(=NCCc1ccccc1)SC1OC(CO)C(O)C(O)C1O. The van der Waals surface area contributed by atoms with Crippen molar-refractivity contribution in [2.45, 2.75) is 36.3 Å². The van der Waals surface area contributed by atoms with E-state index >= 15 is 0 Å². The van der Waals surface area contributed by atoms with Gasteiger partial charge in [0.1, 0.15) is 29.9 Å². The summed E-state index contributed by atoms with van der Waals surface area (Å²) in [5, 5.41) is 38.2. The van der Waals surface area contributed by atoms with Crippen molar-refractivity contribution < 1.29 is 42.3 Å². The monoisotopic (exact) mass is 423 g/mol. The molecule has 5 unspecified atom stereocenters. The predicted molar refractivity (Wildman–Crippen MR) is 96.4 cm³/mol. The second kappa shape index (κ2) is 9.80. The fourth-order valence-corrected chi connectivity index (χ4v) is 3.87. The molecule has 1 heterocycles.